The van der Waals surface area contributed by atoms with Crippen LogP contribution in [0, 0.1) is 5.41 Å². The van der Waals surface area contributed by atoms with Crippen LogP contribution < -0.4 is 5.32 Å². The third-order valence-electron chi connectivity index (χ3n) is 4.26. The molecule has 0 atom stereocenters. The minimum absolute atomic E-state index is 0.610. The molecule has 0 bridgehead atoms. The number of nitrogens with zero attached hydrogens (tertiary/aromatic N) is 1. The second-order valence-electron chi connectivity index (χ2n) is 5.80. The van der Waals surface area contributed by atoms with E-state index in [9.17, 15) is 0 Å². The highest BCUT2D eigenvalue weighted by atomic mass is 15.2. The van der Waals surface area contributed by atoms with Crippen LogP contribution in [-0.2, 0) is 0 Å². The van der Waals surface area contributed by atoms with Gasteiger partial charge in [-0.2, -0.15) is 0 Å². The maximum absolute atomic E-state index is 3.65. The number of nitrogens with one attached hydrogen (secondary N) is 1. The molecule has 0 radical (unpaired) electrons. The van der Waals surface area contributed by atoms with Crippen molar-refractivity contribution in [2.75, 3.05) is 26.2 Å². The first-order valence-electron chi connectivity index (χ1n) is 6.67. The highest BCUT2D eigenvalue weighted by molar-refractivity contribution is 4.90. The lowest BCUT2D eigenvalue weighted by molar-refractivity contribution is 0.107. The molecule has 1 aliphatic carbocycles. The molecule has 2 fully saturated rings. The van der Waals surface area contributed by atoms with E-state index in [1.807, 2.05) is 0 Å². The van der Waals surface area contributed by atoms with Gasteiger partial charge in [0.05, 0.1) is 0 Å². The first-order valence-corrected chi connectivity index (χ1v) is 6.67. The van der Waals surface area contributed by atoms with Crippen molar-refractivity contribution in [2.45, 2.75) is 52.0 Å². The smallest absolute Gasteiger partial charge is 0.0110 e. The summed E-state index contributed by atoms with van der Waals surface area (Å²) >= 11 is 0. The minimum atomic E-state index is 0.610. The molecule has 0 unspecified atom stereocenters. The third-order valence-corrected chi connectivity index (χ3v) is 4.26. The van der Waals surface area contributed by atoms with Crippen molar-refractivity contribution >= 4 is 0 Å². The van der Waals surface area contributed by atoms with Gasteiger partial charge in [-0.15, -0.1) is 0 Å². The first kappa shape index (κ1) is 11.4. The molecule has 0 amide bonds. The van der Waals surface area contributed by atoms with Crippen molar-refractivity contribution < 1.29 is 0 Å². The van der Waals surface area contributed by atoms with Gasteiger partial charge in [-0.25, -0.2) is 0 Å². The van der Waals surface area contributed by atoms with E-state index in [0.717, 1.165) is 0 Å². The quantitative estimate of drug-likeness (QED) is 0.714. The lowest BCUT2D eigenvalue weighted by atomic mass is 9.73. The van der Waals surface area contributed by atoms with Crippen LogP contribution in [0.5, 0.6) is 0 Å². The van der Waals surface area contributed by atoms with Crippen LogP contribution in [-0.4, -0.2) is 37.1 Å². The standard InChI is InChI=1S/C13H26N2/c1-12(2)15-9-8-14-10-13(11-15)6-4-3-5-7-13/h12,14H,3-11H2,1-2H3. The van der Waals surface area contributed by atoms with Crippen molar-refractivity contribution in [3.8, 4) is 0 Å². The molecule has 2 aliphatic rings. The predicted octanol–water partition coefficient (Wildman–Crippen LogP) is 2.25. The number of rotatable bonds is 1. The fourth-order valence-electron chi connectivity index (χ4n) is 3.22. The largest absolute Gasteiger partial charge is 0.315 e. The van der Waals surface area contributed by atoms with Crippen LogP contribution in [0.25, 0.3) is 0 Å². The van der Waals surface area contributed by atoms with E-state index in [1.54, 1.807) is 0 Å². The van der Waals surface area contributed by atoms with Gasteiger partial charge < -0.3 is 5.32 Å². The molecule has 88 valence electrons. The van der Waals surface area contributed by atoms with Crippen molar-refractivity contribution in [1.29, 1.82) is 0 Å². The summed E-state index contributed by atoms with van der Waals surface area (Å²) in [5.41, 5.74) is 0.610. The van der Waals surface area contributed by atoms with E-state index in [4.69, 9.17) is 0 Å². The summed E-state index contributed by atoms with van der Waals surface area (Å²) in [6.45, 7) is 9.68. The van der Waals surface area contributed by atoms with Gasteiger partial charge in [-0.3, -0.25) is 4.90 Å². The summed E-state index contributed by atoms with van der Waals surface area (Å²) in [6.07, 6.45) is 7.26. The monoisotopic (exact) mass is 210 g/mol. The maximum atomic E-state index is 3.65. The Kier molecular flexibility index (Phi) is 3.68. The summed E-state index contributed by atoms with van der Waals surface area (Å²) in [6, 6.07) is 0.712. The Balaban J connectivity index is 2.02. The fourth-order valence-corrected chi connectivity index (χ4v) is 3.22. The summed E-state index contributed by atoms with van der Waals surface area (Å²) < 4.78 is 0. The van der Waals surface area contributed by atoms with Gasteiger partial charge in [0, 0.05) is 32.2 Å². The van der Waals surface area contributed by atoms with Gasteiger partial charge in [0.15, 0.2) is 0 Å². The van der Waals surface area contributed by atoms with E-state index in [-0.39, 0.29) is 0 Å². The number of hydrogen-bond acceptors (Lipinski definition) is 2. The predicted molar refractivity (Wildman–Crippen MR) is 65.1 cm³/mol. The Hall–Kier alpha value is -0.0800. The summed E-state index contributed by atoms with van der Waals surface area (Å²) in [5, 5.41) is 3.65. The second kappa shape index (κ2) is 4.84. The maximum Gasteiger partial charge on any atom is 0.0110 e. The Morgan fingerprint density at radius 1 is 1.13 bits per heavy atom. The molecule has 1 spiro atoms. The van der Waals surface area contributed by atoms with Crippen molar-refractivity contribution in [3.05, 3.63) is 0 Å². The Bertz CT molecular complexity index is 195. The molecule has 1 N–H and O–H groups in total. The molecule has 2 rings (SSSR count). The topological polar surface area (TPSA) is 15.3 Å². The molecule has 2 heteroatoms. The van der Waals surface area contributed by atoms with Gasteiger partial charge in [-0.05, 0) is 32.1 Å². The second-order valence-corrected chi connectivity index (χ2v) is 5.80. The van der Waals surface area contributed by atoms with Crippen molar-refractivity contribution in [3.63, 3.8) is 0 Å². The Labute approximate surface area is 94.4 Å². The summed E-state index contributed by atoms with van der Waals surface area (Å²) in [4.78, 5) is 2.67. The average Bonchev–Trinajstić information content (AvgIpc) is 2.43. The van der Waals surface area contributed by atoms with Gasteiger partial charge in [0.1, 0.15) is 0 Å². The zero-order valence-corrected chi connectivity index (χ0v) is 10.4. The van der Waals surface area contributed by atoms with Crippen LogP contribution in [0.1, 0.15) is 46.0 Å². The molecule has 15 heavy (non-hydrogen) atoms. The van der Waals surface area contributed by atoms with Gasteiger partial charge >= 0.3 is 0 Å². The van der Waals surface area contributed by atoms with Gasteiger partial charge in [0.2, 0.25) is 0 Å². The average molecular weight is 210 g/mol. The van der Waals surface area contributed by atoms with Crippen molar-refractivity contribution in [2.24, 2.45) is 5.41 Å². The lowest BCUT2D eigenvalue weighted by Crippen LogP contribution is -2.43. The van der Waals surface area contributed by atoms with Crippen LogP contribution >= 0.6 is 0 Å². The zero-order valence-electron chi connectivity index (χ0n) is 10.4. The highest BCUT2D eigenvalue weighted by Crippen LogP contribution is 2.37. The molecular weight excluding hydrogens is 184 g/mol. The van der Waals surface area contributed by atoms with Crippen LogP contribution in [0.3, 0.4) is 0 Å². The molecule has 1 saturated carbocycles. The van der Waals surface area contributed by atoms with E-state index >= 15 is 0 Å². The normalized spacial score (nSPS) is 28.2. The molecule has 0 aromatic rings. The molecule has 0 aromatic heterocycles. The van der Waals surface area contributed by atoms with E-state index in [0.29, 0.717) is 11.5 Å². The summed E-state index contributed by atoms with van der Waals surface area (Å²) in [7, 11) is 0. The van der Waals surface area contributed by atoms with Crippen LogP contribution in [0.4, 0.5) is 0 Å². The molecule has 1 saturated heterocycles. The fraction of sp³-hybridized carbons (Fsp3) is 1.00. The van der Waals surface area contributed by atoms with E-state index in [2.05, 4.69) is 24.1 Å². The Morgan fingerprint density at radius 3 is 2.53 bits per heavy atom. The SMILES string of the molecule is CC(C)N1CCNCC2(CCCCC2)C1. The molecule has 1 aliphatic heterocycles. The molecule has 1 heterocycles. The number of hydrogen-bond donors (Lipinski definition) is 1. The lowest BCUT2D eigenvalue weighted by Gasteiger charge is -2.40. The minimum Gasteiger partial charge on any atom is -0.315 e. The Morgan fingerprint density at radius 2 is 1.87 bits per heavy atom. The zero-order chi connectivity index (χ0) is 10.7. The molecular formula is C13H26N2. The van der Waals surface area contributed by atoms with E-state index < -0.39 is 0 Å². The summed E-state index contributed by atoms with van der Waals surface area (Å²) in [5.74, 6) is 0. The van der Waals surface area contributed by atoms with E-state index in [1.165, 1.54) is 58.3 Å². The third kappa shape index (κ3) is 2.73. The van der Waals surface area contributed by atoms with Gasteiger partial charge in [0.25, 0.3) is 0 Å². The van der Waals surface area contributed by atoms with Crippen molar-refractivity contribution in [1.82, 2.24) is 10.2 Å². The molecule has 0 aromatic carbocycles. The van der Waals surface area contributed by atoms with Crippen LogP contribution in [0.15, 0.2) is 0 Å². The van der Waals surface area contributed by atoms with Crippen LogP contribution in [0.2, 0.25) is 0 Å². The van der Waals surface area contributed by atoms with Gasteiger partial charge in [-0.1, -0.05) is 19.3 Å². The highest BCUT2D eigenvalue weighted by Gasteiger charge is 2.35. The molecule has 2 nitrogen and oxygen atoms in total. The first-order chi connectivity index (χ1) is 7.22.